The Balaban J connectivity index is 1.66. The molecule has 1 aromatic heterocycles. The molecule has 7 nitrogen and oxygen atoms in total. The number of halogens is 1. The highest BCUT2D eigenvalue weighted by Gasteiger charge is 2.27. The molecule has 1 saturated heterocycles. The smallest absolute Gasteiger partial charge is 0.270 e. The van der Waals surface area contributed by atoms with Gasteiger partial charge in [0.05, 0.1) is 6.20 Å². The molecule has 2 heterocycles. The zero-order chi connectivity index (χ0) is 24.7. The summed E-state index contributed by atoms with van der Waals surface area (Å²) in [6, 6.07) is 9.35. The Morgan fingerprint density at radius 3 is 2.41 bits per heavy atom. The van der Waals surface area contributed by atoms with Gasteiger partial charge in [-0.25, -0.2) is 9.37 Å². The van der Waals surface area contributed by atoms with E-state index in [1.54, 1.807) is 0 Å². The van der Waals surface area contributed by atoms with Crippen molar-refractivity contribution in [1.29, 1.82) is 0 Å². The third kappa shape index (κ3) is 8.38. The lowest BCUT2D eigenvalue weighted by molar-refractivity contribution is -0.118. The number of aromatic nitrogens is 1. The highest BCUT2D eigenvalue weighted by molar-refractivity contribution is 7.97. The first kappa shape index (κ1) is 26.1. The van der Waals surface area contributed by atoms with Crippen molar-refractivity contribution in [1.82, 2.24) is 19.9 Å². The van der Waals surface area contributed by atoms with Crippen LogP contribution in [-0.4, -0.2) is 53.4 Å². The zero-order valence-corrected chi connectivity index (χ0v) is 21.0. The number of hydrogen-bond acceptors (Lipinski definition) is 6. The quantitative estimate of drug-likeness (QED) is 0.487. The van der Waals surface area contributed by atoms with Crippen LogP contribution in [0.3, 0.4) is 0 Å². The number of carbonyl (C=O) groups excluding carboxylic acids is 2. The van der Waals surface area contributed by atoms with Crippen molar-refractivity contribution in [2.75, 3.05) is 25.5 Å². The van der Waals surface area contributed by atoms with E-state index < -0.39 is 17.8 Å². The monoisotopic (exact) mass is 487 g/mol. The summed E-state index contributed by atoms with van der Waals surface area (Å²) in [6.07, 6.45) is 3.47. The molecule has 0 spiro atoms. The molecule has 0 saturated carbocycles. The number of nitrogens with one attached hydrogen (secondary N) is 3. The van der Waals surface area contributed by atoms with Gasteiger partial charge in [0.2, 0.25) is 5.91 Å². The van der Waals surface area contributed by atoms with Crippen molar-refractivity contribution in [2.45, 2.75) is 56.5 Å². The second-order valence-corrected chi connectivity index (χ2v) is 10.7. The summed E-state index contributed by atoms with van der Waals surface area (Å²) in [4.78, 5) is 33.0. The summed E-state index contributed by atoms with van der Waals surface area (Å²) < 4.78 is 16.5. The van der Waals surface area contributed by atoms with Gasteiger partial charge in [-0.1, -0.05) is 0 Å². The molecule has 0 aliphatic carbocycles. The number of anilines is 1. The van der Waals surface area contributed by atoms with Gasteiger partial charge in [-0.05, 0) is 114 Å². The minimum Gasteiger partial charge on any atom is -0.339 e. The third-order valence-electron chi connectivity index (χ3n) is 5.59. The summed E-state index contributed by atoms with van der Waals surface area (Å²) in [5.41, 5.74) is 0.721. The second-order valence-electron chi connectivity index (χ2n) is 9.84. The van der Waals surface area contributed by atoms with E-state index in [1.807, 2.05) is 24.3 Å². The van der Waals surface area contributed by atoms with Crippen LogP contribution in [0.5, 0.6) is 0 Å². The predicted molar refractivity (Wildman–Crippen MR) is 134 cm³/mol. The Labute approximate surface area is 205 Å². The van der Waals surface area contributed by atoms with E-state index in [0.29, 0.717) is 18.0 Å². The van der Waals surface area contributed by atoms with Crippen LogP contribution in [0.2, 0.25) is 0 Å². The van der Waals surface area contributed by atoms with E-state index in [-0.39, 0.29) is 17.1 Å². The Morgan fingerprint density at radius 1 is 1.15 bits per heavy atom. The fraction of sp³-hybridized carbons (Fsp3) is 0.480. The average Bonchev–Trinajstić information content (AvgIpc) is 2.79. The number of likely N-dealkylation sites (tertiary alicyclic amines) is 1. The Hall–Kier alpha value is -2.49. The van der Waals surface area contributed by atoms with E-state index >= 15 is 0 Å². The van der Waals surface area contributed by atoms with Gasteiger partial charge in [0.1, 0.15) is 17.6 Å². The van der Waals surface area contributed by atoms with Gasteiger partial charge in [0.15, 0.2) is 0 Å². The lowest BCUT2D eigenvalue weighted by Gasteiger charge is -2.31. The van der Waals surface area contributed by atoms with Crippen molar-refractivity contribution in [3.05, 3.63) is 54.1 Å². The molecule has 1 atom stereocenters. The minimum absolute atomic E-state index is 0.0176. The van der Waals surface area contributed by atoms with Crippen LogP contribution >= 0.6 is 11.9 Å². The van der Waals surface area contributed by atoms with Crippen molar-refractivity contribution in [2.24, 2.45) is 5.92 Å². The summed E-state index contributed by atoms with van der Waals surface area (Å²) in [5, 5.41) is 5.75. The van der Waals surface area contributed by atoms with Gasteiger partial charge in [-0.2, -0.15) is 0 Å². The van der Waals surface area contributed by atoms with Crippen LogP contribution in [0.15, 0.2) is 47.5 Å². The summed E-state index contributed by atoms with van der Waals surface area (Å²) in [6.45, 7) is 8.21. The number of rotatable bonds is 8. The van der Waals surface area contributed by atoms with Crippen molar-refractivity contribution >= 4 is 29.4 Å². The maximum absolute atomic E-state index is 13.2. The number of nitrogens with zero attached hydrogens (tertiary/aromatic N) is 2. The Morgan fingerprint density at radius 2 is 1.82 bits per heavy atom. The van der Waals surface area contributed by atoms with Gasteiger partial charge < -0.3 is 15.5 Å². The largest absolute Gasteiger partial charge is 0.339 e. The first-order valence-corrected chi connectivity index (χ1v) is 12.4. The molecule has 1 fully saturated rings. The fourth-order valence-electron chi connectivity index (χ4n) is 3.65. The van der Waals surface area contributed by atoms with E-state index in [0.717, 1.165) is 37.0 Å². The van der Waals surface area contributed by atoms with Crippen molar-refractivity contribution in [3.8, 4) is 0 Å². The number of pyridine rings is 1. The first-order chi connectivity index (χ1) is 16.1. The van der Waals surface area contributed by atoms with Crippen LogP contribution in [0.1, 0.15) is 50.5 Å². The maximum atomic E-state index is 13.2. The normalized spacial score (nSPS) is 16.1. The second kappa shape index (κ2) is 11.8. The van der Waals surface area contributed by atoms with Gasteiger partial charge >= 0.3 is 0 Å². The third-order valence-corrected chi connectivity index (χ3v) is 6.81. The van der Waals surface area contributed by atoms with Crippen molar-refractivity contribution in [3.63, 3.8) is 0 Å². The zero-order valence-electron chi connectivity index (χ0n) is 20.2. The first-order valence-electron chi connectivity index (χ1n) is 11.5. The highest BCUT2D eigenvalue weighted by Crippen LogP contribution is 2.23. The molecule has 3 rings (SSSR count). The molecule has 2 aromatic rings. The summed E-state index contributed by atoms with van der Waals surface area (Å²) in [7, 11) is 2.08. The Bertz CT molecular complexity index is 955. The molecule has 1 aliphatic heterocycles. The molecule has 0 bridgehead atoms. The van der Waals surface area contributed by atoms with E-state index in [9.17, 15) is 14.0 Å². The number of amides is 2. The van der Waals surface area contributed by atoms with Crippen LogP contribution in [0.25, 0.3) is 0 Å². The molecule has 184 valence electrons. The number of piperidine rings is 1. The molecular formula is C25H34FN5O2S. The van der Waals surface area contributed by atoms with Crippen LogP contribution < -0.4 is 15.4 Å². The van der Waals surface area contributed by atoms with E-state index in [4.69, 9.17) is 0 Å². The fourth-order valence-corrected chi connectivity index (χ4v) is 4.35. The molecule has 1 aliphatic rings. The summed E-state index contributed by atoms with van der Waals surface area (Å²) in [5.74, 6) is -0.956. The number of hydrogen-bond donors (Lipinski definition) is 3. The predicted octanol–water partition coefficient (Wildman–Crippen LogP) is 4.08. The van der Waals surface area contributed by atoms with Gasteiger partial charge in [-0.15, -0.1) is 0 Å². The maximum Gasteiger partial charge on any atom is 0.270 e. The lowest BCUT2D eigenvalue weighted by Crippen LogP contribution is -2.46. The topological polar surface area (TPSA) is 86.4 Å². The summed E-state index contributed by atoms with van der Waals surface area (Å²) >= 11 is 1.53. The van der Waals surface area contributed by atoms with Gasteiger partial charge in [-0.3, -0.25) is 14.3 Å². The Kier molecular flexibility index (Phi) is 9.04. The molecule has 0 radical (unpaired) electrons. The molecule has 9 heteroatoms. The van der Waals surface area contributed by atoms with Crippen LogP contribution in [-0.2, 0) is 4.79 Å². The van der Waals surface area contributed by atoms with Crippen LogP contribution in [0, 0.1) is 11.7 Å². The van der Waals surface area contributed by atoms with Crippen LogP contribution in [0.4, 0.5) is 10.1 Å². The molecule has 3 N–H and O–H groups in total. The average molecular weight is 488 g/mol. The molecular weight excluding hydrogens is 453 g/mol. The van der Waals surface area contributed by atoms with Gasteiger partial charge in [0.25, 0.3) is 5.91 Å². The number of carbonyl (C=O) groups is 2. The highest BCUT2D eigenvalue weighted by atomic mass is 32.2. The van der Waals surface area contributed by atoms with Crippen molar-refractivity contribution < 1.29 is 14.0 Å². The standard InChI is InChI=1S/C25H34FN5O2S/c1-25(2,3)30-34-20-8-6-19(7-9-20)28-24(33)22(15-17-11-13-31(4)14-12-17)29-23(32)21-10-5-18(26)16-27-21/h5-10,16-17,22,30H,11-15H2,1-4H3,(H,28,33)(H,29,32). The minimum atomic E-state index is -0.718. The lowest BCUT2D eigenvalue weighted by atomic mass is 9.90. The molecule has 1 aromatic carbocycles. The van der Waals surface area contributed by atoms with E-state index in [1.165, 1.54) is 24.1 Å². The molecule has 34 heavy (non-hydrogen) atoms. The SMILES string of the molecule is CN1CCC(CC(NC(=O)c2ccc(F)cn2)C(=O)Nc2ccc(SNC(C)(C)C)cc2)CC1. The molecule has 2 amide bonds. The molecule has 1 unspecified atom stereocenters. The van der Waals surface area contributed by atoms with Gasteiger partial charge in [0, 0.05) is 16.1 Å². The van der Waals surface area contributed by atoms with E-state index in [2.05, 4.69) is 53.1 Å². The number of benzene rings is 1.